The summed E-state index contributed by atoms with van der Waals surface area (Å²) < 4.78 is 0. The lowest BCUT2D eigenvalue weighted by Crippen LogP contribution is -2.31. The molecule has 1 aromatic heterocycles. The number of carboxylic acid groups (broad SMARTS) is 1. The number of carboxylic acids is 1. The van der Waals surface area contributed by atoms with Crippen molar-refractivity contribution in [1.82, 2.24) is 10.3 Å². The number of hydrogen-bond acceptors (Lipinski definition) is 3. The van der Waals surface area contributed by atoms with Crippen LogP contribution in [0, 0.1) is 23.7 Å². The van der Waals surface area contributed by atoms with E-state index < -0.39 is 5.97 Å². The summed E-state index contributed by atoms with van der Waals surface area (Å²) in [5.74, 6) is 1.36. The molecular weight excluding hydrogens is 256 g/mol. The molecule has 3 fully saturated rings. The topological polar surface area (TPSA) is 79.3 Å². The largest absolute Gasteiger partial charge is 0.478 e. The number of carbonyl (C=O) groups excluding carboxylic acids is 1. The van der Waals surface area contributed by atoms with E-state index in [0.717, 1.165) is 11.8 Å². The van der Waals surface area contributed by atoms with Crippen LogP contribution in [-0.4, -0.2) is 28.0 Å². The standard InChI is InChI=1S/C15H16N2O3/c18-14(12-9(15(19)20)2-1-5-16-12)17-13-10-7-3-4-8(6-7)11(10)13/h1-2,5,7-8,10-11,13H,3-4,6H2,(H,17,18)(H,19,20). The maximum absolute atomic E-state index is 12.2. The maximum Gasteiger partial charge on any atom is 0.338 e. The average molecular weight is 272 g/mol. The zero-order valence-corrected chi connectivity index (χ0v) is 11.0. The van der Waals surface area contributed by atoms with Crippen LogP contribution in [0.15, 0.2) is 18.3 Å². The summed E-state index contributed by atoms with van der Waals surface area (Å²) >= 11 is 0. The van der Waals surface area contributed by atoms with Gasteiger partial charge in [-0.05, 0) is 55.1 Å². The first-order valence-corrected chi connectivity index (χ1v) is 7.16. The van der Waals surface area contributed by atoms with Gasteiger partial charge in [-0.25, -0.2) is 4.79 Å². The Kier molecular flexibility index (Phi) is 2.40. The molecule has 20 heavy (non-hydrogen) atoms. The Morgan fingerprint density at radius 3 is 2.60 bits per heavy atom. The minimum Gasteiger partial charge on any atom is -0.478 e. The molecule has 5 heteroatoms. The normalized spacial score (nSPS) is 36.5. The minimum atomic E-state index is -1.11. The maximum atomic E-state index is 12.2. The van der Waals surface area contributed by atoms with Crippen molar-refractivity contribution in [2.24, 2.45) is 23.7 Å². The molecule has 0 saturated heterocycles. The second-order valence-electron chi connectivity index (χ2n) is 6.19. The predicted molar refractivity (Wildman–Crippen MR) is 70.3 cm³/mol. The molecule has 4 atom stereocenters. The van der Waals surface area contributed by atoms with Gasteiger partial charge in [0.05, 0.1) is 5.56 Å². The van der Waals surface area contributed by atoms with Crippen LogP contribution in [0.25, 0.3) is 0 Å². The zero-order chi connectivity index (χ0) is 13.9. The van der Waals surface area contributed by atoms with Gasteiger partial charge in [-0.15, -0.1) is 0 Å². The molecular formula is C15H16N2O3. The highest BCUT2D eigenvalue weighted by molar-refractivity contribution is 6.03. The number of nitrogens with zero attached hydrogens (tertiary/aromatic N) is 1. The molecule has 0 radical (unpaired) electrons. The smallest absolute Gasteiger partial charge is 0.338 e. The molecule has 1 amide bonds. The van der Waals surface area contributed by atoms with Gasteiger partial charge in [-0.1, -0.05) is 0 Å². The van der Waals surface area contributed by atoms with Gasteiger partial charge in [0.15, 0.2) is 0 Å². The zero-order valence-electron chi connectivity index (χ0n) is 11.0. The fourth-order valence-corrected chi connectivity index (χ4v) is 4.50. The summed E-state index contributed by atoms with van der Waals surface area (Å²) in [6.45, 7) is 0. The van der Waals surface area contributed by atoms with E-state index in [2.05, 4.69) is 10.3 Å². The van der Waals surface area contributed by atoms with Gasteiger partial charge in [0.1, 0.15) is 5.69 Å². The fraction of sp³-hybridized carbons (Fsp3) is 0.533. The van der Waals surface area contributed by atoms with Gasteiger partial charge in [-0.2, -0.15) is 0 Å². The van der Waals surface area contributed by atoms with Crippen LogP contribution in [0.4, 0.5) is 0 Å². The molecule has 3 saturated carbocycles. The quantitative estimate of drug-likeness (QED) is 0.875. The molecule has 0 aromatic carbocycles. The van der Waals surface area contributed by atoms with E-state index in [0.29, 0.717) is 11.8 Å². The highest BCUT2D eigenvalue weighted by Gasteiger charge is 2.65. The van der Waals surface area contributed by atoms with Gasteiger partial charge >= 0.3 is 5.97 Å². The number of carbonyl (C=O) groups is 2. The van der Waals surface area contributed by atoms with E-state index >= 15 is 0 Å². The molecule has 1 aromatic rings. The summed E-state index contributed by atoms with van der Waals surface area (Å²) in [7, 11) is 0. The lowest BCUT2D eigenvalue weighted by Gasteiger charge is -2.11. The van der Waals surface area contributed by atoms with E-state index in [1.54, 1.807) is 0 Å². The Balaban J connectivity index is 1.51. The number of fused-ring (bicyclic) bond motifs is 5. The van der Waals surface area contributed by atoms with Crippen LogP contribution in [0.5, 0.6) is 0 Å². The molecule has 0 spiro atoms. The number of rotatable bonds is 3. The summed E-state index contributed by atoms with van der Waals surface area (Å²) in [6.07, 6.45) is 5.37. The first kappa shape index (κ1) is 11.9. The molecule has 104 valence electrons. The van der Waals surface area contributed by atoms with Crippen molar-refractivity contribution in [1.29, 1.82) is 0 Å². The Labute approximate surface area is 116 Å². The van der Waals surface area contributed by atoms with Crippen molar-refractivity contribution >= 4 is 11.9 Å². The summed E-state index contributed by atoms with van der Waals surface area (Å²) in [5, 5.41) is 12.1. The van der Waals surface area contributed by atoms with Crippen LogP contribution in [0.3, 0.4) is 0 Å². The highest BCUT2D eigenvalue weighted by Crippen LogP contribution is 2.65. The third kappa shape index (κ3) is 1.58. The van der Waals surface area contributed by atoms with Crippen molar-refractivity contribution in [2.75, 3.05) is 0 Å². The van der Waals surface area contributed by atoms with Crippen molar-refractivity contribution < 1.29 is 14.7 Å². The van der Waals surface area contributed by atoms with Crippen molar-refractivity contribution in [3.63, 3.8) is 0 Å². The molecule has 4 rings (SSSR count). The molecule has 3 aliphatic rings. The van der Waals surface area contributed by atoms with Crippen molar-refractivity contribution in [2.45, 2.75) is 25.3 Å². The van der Waals surface area contributed by atoms with Crippen LogP contribution >= 0.6 is 0 Å². The van der Waals surface area contributed by atoms with Crippen LogP contribution in [-0.2, 0) is 0 Å². The van der Waals surface area contributed by atoms with E-state index in [1.807, 2.05) is 0 Å². The molecule has 4 unspecified atom stereocenters. The first-order chi connectivity index (χ1) is 9.66. The molecule has 2 bridgehead atoms. The number of amides is 1. The van der Waals surface area contributed by atoms with E-state index in [-0.39, 0.29) is 23.2 Å². The van der Waals surface area contributed by atoms with Gasteiger partial charge < -0.3 is 10.4 Å². The third-order valence-electron chi connectivity index (χ3n) is 5.29. The molecule has 5 nitrogen and oxygen atoms in total. The minimum absolute atomic E-state index is 0.0253. The van der Waals surface area contributed by atoms with Gasteiger partial charge in [0, 0.05) is 12.2 Å². The SMILES string of the molecule is O=C(O)c1cccnc1C(=O)NC1C2C3CCC(C3)C12. The fourth-order valence-electron chi connectivity index (χ4n) is 4.50. The van der Waals surface area contributed by atoms with Crippen LogP contribution in [0.2, 0.25) is 0 Å². The van der Waals surface area contributed by atoms with E-state index in [1.165, 1.54) is 37.6 Å². The summed E-state index contributed by atoms with van der Waals surface area (Å²) in [6, 6.07) is 3.20. The lowest BCUT2D eigenvalue weighted by molar-refractivity contribution is 0.0689. The third-order valence-corrected chi connectivity index (χ3v) is 5.29. The van der Waals surface area contributed by atoms with Crippen LogP contribution in [0.1, 0.15) is 40.1 Å². The van der Waals surface area contributed by atoms with Gasteiger partial charge in [-0.3, -0.25) is 9.78 Å². The highest BCUT2D eigenvalue weighted by atomic mass is 16.4. The number of aromatic nitrogens is 1. The van der Waals surface area contributed by atoms with E-state index in [9.17, 15) is 9.59 Å². The Hall–Kier alpha value is -1.91. The molecule has 0 aliphatic heterocycles. The average Bonchev–Trinajstić information content (AvgIpc) is 2.84. The van der Waals surface area contributed by atoms with Gasteiger partial charge in [0.2, 0.25) is 0 Å². The Morgan fingerprint density at radius 1 is 1.25 bits per heavy atom. The lowest BCUT2D eigenvalue weighted by atomic mass is 10.0. The van der Waals surface area contributed by atoms with Gasteiger partial charge in [0.25, 0.3) is 5.91 Å². The molecule has 2 N–H and O–H groups in total. The molecule has 3 aliphatic carbocycles. The summed E-state index contributed by atoms with van der Waals surface area (Å²) in [4.78, 5) is 27.3. The number of pyridine rings is 1. The van der Waals surface area contributed by atoms with Crippen LogP contribution < -0.4 is 5.32 Å². The Morgan fingerprint density at radius 2 is 1.95 bits per heavy atom. The van der Waals surface area contributed by atoms with Crippen molar-refractivity contribution in [3.05, 3.63) is 29.6 Å². The first-order valence-electron chi connectivity index (χ1n) is 7.16. The molecule has 1 heterocycles. The Bertz CT molecular complexity index is 585. The van der Waals surface area contributed by atoms with E-state index in [4.69, 9.17) is 5.11 Å². The van der Waals surface area contributed by atoms with Crippen molar-refractivity contribution in [3.8, 4) is 0 Å². The second kappa shape index (κ2) is 4.04. The number of aromatic carboxylic acids is 1. The number of nitrogens with one attached hydrogen (secondary N) is 1. The summed E-state index contributed by atoms with van der Waals surface area (Å²) in [5.41, 5.74) is -0.00361. The predicted octanol–water partition coefficient (Wildman–Crippen LogP) is 1.55. The number of hydrogen-bond donors (Lipinski definition) is 2. The second-order valence-corrected chi connectivity index (χ2v) is 6.19. The monoisotopic (exact) mass is 272 g/mol.